The number of carbonyl (C=O) groups is 1. The number of likely N-dealkylation sites (tertiary alicyclic amines) is 1. The van der Waals surface area contributed by atoms with Crippen LogP contribution in [0.5, 0.6) is 0 Å². The molecule has 2 fully saturated rings. The van der Waals surface area contributed by atoms with E-state index < -0.39 is 0 Å². The van der Waals surface area contributed by atoms with E-state index in [1.54, 1.807) is 0 Å². The molecule has 1 aromatic carbocycles. The summed E-state index contributed by atoms with van der Waals surface area (Å²) in [6.45, 7) is 6.74. The monoisotopic (exact) mass is 352 g/mol. The number of hydrazine groups is 1. The van der Waals surface area contributed by atoms with Crippen molar-refractivity contribution in [3.8, 4) is 0 Å². The second-order valence-electron chi connectivity index (χ2n) is 6.60. The van der Waals surface area contributed by atoms with Gasteiger partial charge in [0.15, 0.2) is 0 Å². The zero-order valence-electron chi connectivity index (χ0n) is 14.3. The Morgan fingerprint density at radius 1 is 1.25 bits per heavy atom. The second-order valence-corrected chi connectivity index (χ2v) is 6.60. The Balaban J connectivity index is 0.00000208. The molecule has 2 atom stereocenters. The summed E-state index contributed by atoms with van der Waals surface area (Å²) in [5.41, 5.74) is 7.62. The molecule has 0 radical (unpaired) electrons. The summed E-state index contributed by atoms with van der Waals surface area (Å²) in [4.78, 5) is 15.0. The summed E-state index contributed by atoms with van der Waals surface area (Å²) in [7, 11) is 0. The fraction of sp³-hybridized carbons (Fsp3) is 0.611. The number of nitrogens with one attached hydrogen (secondary N) is 3. The third-order valence-corrected chi connectivity index (χ3v) is 5.07. The van der Waals surface area contributed by atoms with Crippen molar-refractivity contribution in [3.63, 3.8) is 0 Å². The van der Waals surface area contributed by atoms with E-state index in [4.69, 9.17) is 0 Å². The average molecular weight is 353 g/mol. The Bertz CT molecular complexity index is 505. The lowest BCUT2D eigenvalue weighted by Gasteiger charge is -2.34. The van der Waals surface area contributed by atoms with Gasteiger partial charge in [0.25, 0.3) is 0 Å². The molecule has 3 rings (SSSR count). The summed E-state index contributed by atoms with van der Waals surface area (Å²) >= 11 is 0. The molecular formula is C18H29ClN4O. The van der Waals surface area contributed by atoms with Crippen molar-refractivity contribution < 1.29 is 4.79 Å². The number of rotatable bonds is 5. The molecule has 1 aromatic rings. The third-order valence-electron chi connectivity index (χ3n) is 5.07. The molecule has 2 aliphatic rings. The molecule has 134 valence electrons. The molecule has 6 heteroatoms. The molecule has 2 saturated heterocycles. The van der Waals surface area contributed by atoms with Crippen molar-refractivity contribution in [2.75, 3.05) is 32.7 Å². The SMILES string of the molecule is CCNCC1CCN(C(=O)C2CNNC2c2ccccc2)CC1.Cl. The van der Waals surface area contributed by atoms with Gasteiger partial charge in [0, 0.05) is 19.6 Å². The van der Waals surface area contributed by atoms with Crippen molar-refractivity contribution in [1.29, 1.82) is 0 Å². The average Bonchev–Trinajstić information content (AvgIpc) is 3.10. The van der Waals surface area contributed by atoms with Crippen LogP contribution in [0.2, 0.25) is 0 Å². The first-order valence-corrected chi connectivity index (χ1v) is 8.82. The van der Waals surface area contributed by atoms with Gasteiger partial charge >= 0.3 is 0 Å². The fourth-order valence-electron chi connectivity index (χ4n) is 3.64. The lowest BCUT2D eigenvalue weighted by Crippen LogP contribution is -2.45. The van der Waals surface area contributed by atoms with E-state index in [1.165, 1.54) is 5.56 Å². The summed E-state index contributed by atoms with van der Waals surface area (Å²) in [6.07, 6.45) is 2.23. The number of carbonyl (C=O) groups excluding carboxylic acids is 1. The summed E-state index contributed by atoms with van der Waals surface area (Å²) in [5.74, 6) is 0.990. The highest BCUT2D eigenvalue weighted by Gasteiger charge is 2.37. The highest BCUT2D eigenvalue weighted by atomic mass is 35.5. The van der Waals surface area contributed by atoms with Crippen LogP contribution < -0.4 is 16.2 Å². The van der Waals surface area contributed by atoms with Crippen LogP contribution in [0.15, 0.2) is 30.3 Å². The Morgan fingerprint density at radius 2 is 1.96 bits per heavy atom. The highest BCUT2D eigenvalue weighted by Crippen LogP contribution is 2.28. The number of nitrogens with zero attached hydrogens (tertiary/aromatic N) is 1. The maximum atomic E-state index is 12.9. The van der Waals surface area contributed by atoms with E-state index in [2.05, 4.69) is 40.1 Å². The van der Waals surface area contributed by atoms with Crippen LogP contribution in [0.4, 0.5) is 0 Å². The minimum atomic E-state index is -0.0114. The first kappa shape index (κ1) is 19.2. The van der Waals surface area contributed by atoms with Gasteiger partial charge in [0.2, 0.25) is 5.91 Å². The highest BCUT2D eigenvalue weighted by molar-refractivity contribution is 5.85. The number of hydrogen-bond acceptors (Lipinski definition) is 4. The van der Waals surface area contributed by atoms with Crippen molar-refractivity contribution in [2.45, 2.75) is 25.8 Å². The molecule has 0 aliphatic carbocycles. The van der Waals surface area contributed by atoms with E-state index in [1.807, 2.05) is 18.2 Å². The van der Waals surface area contributed by atoms with Crippen molar-refractivity contribution in [1.82, 2.24) is 21.1 Å². The quantitative estimate of drug-likeness (QED) is 0.755. The predicted molar refractivity (Wildman–Crippen MR) is 98.9 cm³/mol. The molecule has 3 N–H and O–H groups in total. The van der Waals surface area contributed by atoms with E-state index in [9.17, 15) is 4.79 Å². The fourth-order valence-corrected chi connectivity index (χ4v) is 3.64. The Labute approximate surface area is 150 Å². The van der Waals surface area contributed by atoms with Crippen LogP contribution in [-0.2, 0) is 4.79 Å². The minimum absolute atomic E-state index is 0. The number of hydrogen-bond donors (Lipinski definition) is 3. The van der Waals surface area contributed by atoms with E-state index >= 15 is 0 Å². The molecule has 0 aromatic heterocycles. The molecule has 2 heterocycles. The number of benzene rings is 1. The zero-order valence-corrected chi connectivity index (χ0v) is 15.1. The van der Waals surface area contributed by atoms with E-state index in [-0.39, 0.29) is 24.4 Å². The topological polar surface area (TPSA) is 56.4 Å². The first-order chi connectivity index (χ1) is 11.3. The van der Waals surface area contributed by atoms with E-state index in [0.29, 0.717) is 18.4 Å². The van der Waals surface area contributed by atoms with Crippen LogP contribution in [0, 0.1) is 11.8 Å². The molecule has 5 nitrogen and oxygen atoms in total. The first-order valence-electron chi connectivity index (χ1n) is 8.82. The molecular weight excluding hydrogens is 324 g/mol. The Kier molecular flexibility index (Phi) is 7.49. The summed E-state index contributed by atoms with van der Waals surface area (Å²) < 4.78 is 0. The van der Waals surface area contributed by atoms with Gasteiger partial charge in [-0.05, 0) is 37.4 Å². The molecule has 24 heavy (non-hydrogen) atoms. The summed E-state index contributed by atoms with van der Waals surface area (Å²) in [5, 5.41) is 3.42. The minimum Gasteiger partial charge on any atom is -0.342 e. The largest absolute Gasteiger partial charge is 0.342 e. The lowest BCUT2D eigenvalue weighted by atomic mass is 9.91. The van der Waals surface area contributed by atoms with Crippen LogP contribution in [0.25, 0.3) is 0 Å². The van der Waals surface area contributed by atoms with Crippen molar-refractivity contribution >= 4 is 18.3 Å². The maximum Gasteiger partial charge on any atom is 0.229 e. The van der Waals surface area contributed by atoms with Gasteiger partial charge in [-0.2, -0.15) is 0 Å². The third kappa shape index (κ3) is 4.48. The van der Waals surface area contributed by atoms with Crippen LogP contribution in [0.3, 0.4) is 0 Å². The van der Waals surface area contributed by atoms with Gasteiger partial charge in [-0.3, -0.25) is 10.2 Å². The second kappa shape index (κ2) is 9.37. The van der Waals surface area contributed by atoms with Crippen molar-refractivity contribution in [3.05, 3.63) is 35.9 Å². The zero-order chi connectivity index (χ0) is 16.1. The Morgan fingerprint density at radius 3 is 2.62 bits per heavy atom. The molecule has 0 spiro atoms. The maximum absolute atomic E-state index is 12.9. The standard InChI is InChI=1S/C18H28N4O.ClH/c1-2-19-12-14-8-10-22(11-9-14)18(23)16-13-20-21-17(16)15-6-4-3-5-7-15;/h3-7,14,16-17,19-21H,2,8-13H2,1H3;1H. The summed E-state index contributed by atoms with van der Waals surface area (Å²) in [6, 6.07) is 10.3. The molecule has 1 amide bonds. The molecule has 0 saturated carbocycles. The van der Waals surface area contributed by atoms with Gasteiger partial charge in [-0.25, -0.2) is 5.43 Å². The van der Waals surface area contributed by atoms with Crippen LogP contribution >= 0.6 is 12.4 Å². The predicted octanol–water partition coefficient (Wildman–Crippen LogP) is 1.72. The number of amides is 1. The molecule has 0 bridgehead atoms. The van der Waals surface area contributed by atoms with Gasteiger partial charge in [0.1, 0.15) is 0 Å². The van der Waals surface area contributed by atoms with Crippen molar-refractivity contribution in [2.24, 2.45) is 11.8 Å². The lowest BCUT2D eigenvalue weighted by molar-refractivity contribution is -0.136. The Hall–Kier alpha value is -1.14. The van der Waals surface area contributed by atoms with Crippen LogP contribution in [0.1, 0.15) is 31.4 Å². The van der Waals surface area contributed by atoms with Gasteiger partial charge < -0.3 is 10.2 Å². The van der Waals surface area contributed by atoms with E-state index in [0.717, 1.165) is 39.0 Å². The number of halogens is 1. The van der Waals surface area contributed by atoms with Gasteiger partial charge in [-0.15, -0.1) is 12.4 Å². The smallest absolute Gasteiger partial charge is 0.229 e. The van der Waals surface area contributed by atoms with Gasteiger partial charge in [0.05, 0.1) is 12.0 Å². The number of piperidine rings is 1. The molecule has 2 unspecified atom stereocenters. The van der Waals surface area contributed by atoms with Crippen LogP contribution in [-0.4, -0.2) is 43.5 Å². The normalized spacial score (nSPS) is 24.6. The van der Waals surface area contributed by atoms with Gasteiger partial charge in [-0.1, -0.05) is 37.3 Å². The molecule has 2 aliphatic heterocycles.